The van der Waals surface area contributed by atoms with E-state index < -0.39 is 6.10 Å². The molecule has 4 heterocycles. The normalized spacial score (nSPS) is 15.7. The fourth-order valence-corrected chi connectivity index (χ4v) is 5.55. The first-order chi connectivity index (χ1) is 19.8. The molecule has 12 heteroatoms. The Labute approximate surface area is 253 Å². The summed E-state index contributed by atoms with van der Waals surface area (Å²) in [5, 5.41) is 24.5. The Hall–Kier alpha value is -3.25. The Morgan fingerprint density at radius 2 is 1.98 bits per heavy atom. The van der Waals surface area contributed by atoms with Gasteiger partial charge in [-0.2, -0.15) is 0 Å². The summed E-state index contributed by atoms with van der Waals surface area (Å²) in [6.07, 6.45) is 1.79. The maximum Gasteiger partial charge on any atom is 0.163 e. The second-order valence-corrected chi connectivity index (χ2v) is 11.4. The van der Waals surface area contributed by atoms with Crippen LogP contribution in [0.3, 0.4) is 0 Å². The highest BCUT2D eigenvalue weighted by atomic mass is 79.9. The van der Waals surface area contributed by atoms with Crippen molar-refractivity contribution in [2.75, 3.05) is 50.1 Å². The van der Waals surface area contributed by atoms with Crippen molar-refractivity contribution in [2.45, 2.75) is 32.5 Å². The van der Waals surface area contributed by atoms with Gasteiger partial charge in [0.05, 0.1) is 33.1 Å². The minimum absolute atomic E-state index is 0.130. The SMILES string of the molecule is CNC[C@@H](O)COc1ccc(Cl)c(-c2nc(/C(NC)=C(\Br)C=N)c(C)c(N3Cc4ccc(N5CCC5)nc4C3)n2)c1. The minimum Gasteiger partial charge on any atom is -0.491 e. The molecule has 1 fully saturated rings. The van der Waals surface area contributed by atoms with E-state index in [1.165, 1.54) is 18.2 Å². The number of ether oxygens (including phenoxy) is 1. The summed E-state index contributed by atoms with van der Waals surface area (Å²) in [5.41, 5.74) is 5.01. The summed E-state index contributed by atoms with van der Waals surface area (Å²) in [6.45, 7) is 5.93. The molecule has 0 saturated carbocycles. The predicted octanol–water partition coefficient (Wildman–Crippen LogP) is 4.12. The van der Waals surface area contributed by atoms with E-state index in [0.717, 1.165) is 36.0 Å². The molecule has 0 unspecified atom stereocenters. The number of anilines is 2. The Morgan fingerprint density at radius 3 is 2.66 bits per heavy atom. The van der Waals surface area contributed by atoms with Crippen LogP contribution >= 0.6 is 27.5 Å². The van der Waals surface area contributed by atoms with Crippen molar-refractivity contribution in [2.24, 2.45) is 0 Å². The van der Waals surface area contributed by atoms with Gasteiger partial charge in [0.15, 0.2) is 5.82 Å². The molecule has 41 heavy (non-hydrogen) atoms. The zero-order valence-corrected chi connectivity index (χ0v) is 25.7. The largest absolute Gasteiger partial charge is 0.491 e. The molecular weight excluding hydrogens is 608 g/mol. The van der Waals surface area contributed by atoms with E-state index >= 15 is 0 Å². The van der Waals surface area contributed by atoms with Gasteiger partial charge in [0.1, 0.15) is 30.1 Å². The van der Waals surface area contributed by atoms with E-state index in [-0.39, 0.29) is 6.61 Å². The number of benzene rings is 1. The third-order valence-corrected chi connectivity index (χ3v) is 8.22. The molecule has 0 radical (unpaired) electrons. The number of hydrogen-bond donors (Lipinski definition) is 4. The van der Waals surface area contributed by atoms with Crippen LogP contribution in [-0.4, -0.2) is 72.7 Å². The number of aliphatic hydroxyl groups excluding tert-OH is 1. The number of rotatable bonds is 11. The smallest absolute Gasteiger partial charge is 0.163 e. The molecule has 3 aromatic rings. The number of halogens is 2. The molecule has 0 amide bonds. The Morgan fingerprint density at radius 1 is 1.17 bits per heavy atom. The minimum atomic E-state index is -0.651. The van der Waals surface area contributed by atoms with Crippen LogP contribution in [0.1, 0.15) is 28.9 Å². The van der Waals surface area contributed by atoms with Crippen LogP contribution in [-0.2, 0) is 13.1 Å². The molecule has 2 aliphatic rings. The number of fused-ring (bicyclic) bond motifs is 1. The van der Waals surface area contributed by atoms with Gasteiger partial charge in [-0.3, -0.25) is 0 Å². The Balaban J connectivity index is 1.56. The first-order valence-electron chi connectivity index (χ1n) is 13.5. The second-order valence-electron chi connectivity index (χ2n) is 10.1. The highest BCUT2D eigenvalue weighted by molar-refractivity contribution is 9.12. The average molecular weight is 642 g/mol. The molecule has 4 N–H and O–H groups in total. The molecule has 1 atom stereocenters. The van der Waals surface area contributed by atoms with E-state index in [4.69, 9.17) is 36.7 Å². The summed E-state index contributed by atoms with van der Waals surface area (Å²) >= 11 is 10.2. The molecule has 1 aromatic carbocycles. The van der Waals surface area contributed by atoms with Crippen LogP contribution in [0, 0.1) is 12.3 Å². The molecule has 0 aliphatic carbocycles. The highest BCUT2D eigenvalue weighted by Crippen LogP contribution is 2.37. The summed E-state index contributed by atoms with van der Waals surface area (Å²) in [4.78, 5) is 19.4. The number of likely N-dealkylation sites (N-methyl/N-ethyl adjacent to an activating group) is 1. The number of nitrogens with zero attached hydrogens (tertiary/aromatic N) is 5. The zero-order valence-electron chi connectivity index (χ0n) is 23.3. The lowest BCUT2D eigenvalue weighted by Gasteiger charge is -2.32. The summed E-state index contributed by atoms with van der Waals surface area (Å²) < 4.78 is 6.41. The van der Waals surface area contributed by atoms with E-state index in [1.54, 1.807) is 32.3 Å². The van der Waals surface area contributed by atoms with Crippen molar-refractivity contribution in [3.05, 3.63) is 62.4 Å². The van der Waals surface area contributed by atoms with Gasteiger partial charge in [-0.05, 0) is 66.2 Å². The number of nitrogens with one attached hydrogen (secondary N) is 3. The number of aromatic nitrogens is 3. The lowest BCUT2D eigenvalue weighted by molar-refractivity contribution is 0.108. The predicted molar refractivity (Wildman–Crippen MR) is 167 cm³/mol. The zero-order chi connectivity index (χ0) is 29.1. The monoisotopic (exact) mass is 640 g/mol. The van der Waals surface area contributed by atoms with Crippen LogP contribution in [0.4, 0.5) is 11.6 Å². The molecule has 5 rings (SSSR count). The maximum absolute atomic E-state index is 10.1. The molecule has 0 bridgehead atoms. The van der Waals surface area contributed by atoms with Gasteiger partial charge in [0.25, 0.3) is 0 Å². The molecule has 2 aliphatic heterocycles. The van der Waals surface area contributed by atoms with E-state index in [1.807, 2.05) is 6.92 Å². The van der Waals surface area contributed by atoms with Crippen LogP contribution < -0.4 is 25.2 Å². The van der Waals surface area contributed by atoms with Gasteiger partial charge in [-0.1, -0.05) is 17.7 Å². The van der Waals surface area contributed by atoms with Crippen molar-refractivity contribution in [1.82, 2.24) is 25.6 Å². The van der Waals surface area contributed by atoms with Gasteiger partial charge >= 0.3 is 0 Å². The van der Waals surface area contributed by atoms with Crippen molar-refractivity contribution < 1.29 is 9.84 Å². The molecule has 1 saturated heterocycles. The van der Waals surface area contributed by atoms with E-state index in [9.17, 15) is 5.11 Å². The lowest BCUT2D eigenvalue weighted by Crippen LogP contribution is -2.37. The second kappa shape index (κ2) is 12.7. The lowest BCUT2D eigenvalue weighted by atomic mass is 10.1. The van der Waals surface area contributed by atoms with Crippen LogP contribution in [0.15, 0.2) is 34.8 Å². The summed E-state index contributed by atoms with van der Waals surface area (Å²) in [6, 6.07) is 9.57. The molecule has 2 aromatic heterocycles. The number of allylic oxidation sites excluding steroid dienone is 1. The van der Waals surface area contributed by atoms with Gasteiger partial charge < -0.3 is 35.7 Å². The first-order valence-corrected chi connectivity index (χ1v) is 14.7. The summed E-state index contributed by atoms with van der Waals surface area (Å²) in [7, 11) is 3.57. The number of pyridine rings is 1. The third kappa shape index (κ3) is 6.18. The van der Waals surface area contributed by atoms with Crippen LogP contribution in [0.5, 0.6) is 5.75 Å². The molecule has 10 nitrogen and oxygen atoms in total. The van der Waals surface area contributed by atoms with Crippen LogP contribution in [0.25, 0.3) is 17.1 Å². The van der Waals surface area contributed by atoms with Gasteiger partial charge in [-0.15, -0.1) is 0 Å². The van der Waals surface area contributed by atoms with Gasteiger partial charge in [0.2, 0.25) is 0 Å². The maximum atomic E-state index is 10.1. The Bertz CT molecular complexity index is 1480. The van der Waals surface area contributed by atoms with Gasteiger partial charge in [0, 0.05) is 50.6 Å². The van der Waals surface area contributed by atoms with Crippen molar-refractivity contribution >= 4 is 51.1 Å². The number of hydrogen-bond acceptors (Lipinski definition) is 10. The van der Waals surface area contributed by atoms with Gasteiger partial charge in [-0.25, -0.2) is 15.0 Å². The molecular formula is C29H34BrClN8O2. The number of aliphatic hydroxyl groups is 1. The molecule has 216 valence electrons. The highest BCUT2D eigenvalue weighted by Gasteiger charge is 2.28. The van der Waals surface area contributed by atoms with E-state index in [2.05, 4.69) is 48.5 Å². The van der Waals surface area contributed by atoms with Crippen molar-refractivity contribution in [3.63, 3.8) is 0 Å². The van der Waals surface area contributed by atoms with E-state index in [0.29, 0.717) is 57.7 Å². The third-order valence-electron chi connectivity index (χ3n) is 7.27. The van der Waals surface area contributed by atoms with Crippen molar-refractivity contribution in [1.29, 1.82) is 5.41 Å². The van der Waals surface area contributed by atoms with Crippen molar-refractivity contribution in [3.8, 4) is 17.1 Å². The topological polar surface area (TPSA) is 123 Å². The summed E-state index contributed by atoms with van der Waals surface area (Å²) in [5.74, 6) is 2.76. The first kappa shape index (κ1) is 29.2. The Kier molecular flexibility index (Phi) is 9.08. The fourth-order valence-electron chi connectivity index (χ4n) is 4.97. The standard InChI is InChI=1S/C29H34BrClN8O2/c1-17-26(27(34-3)22(30)12-32)36-28(21-11-20(6-7-23(21)31)41-16-19(40)13-33-2)37-29(17)39-14-18-5-8-25(35-24(18)15-39)38-9-4-10-38/h5-8,11-12,19,32-34,40H,4,9-10,13-16H2,1-3H3/b27-22+,32-12?/t19-/m1/s1. The van der Waals surface area contributed by atoms with Crippen LogP contribution in [0.2, 0.25) is 5.02 Å². The average Bonchev–Trinajstić information content (AvgIpc) is 3.36. The fraction of sp³-hybridized carbons (Fsp3) is 0.379. The molecule has 0 spiro atoms. The quantitative estimate of drug-likeness (QED) is 0.229.